The first-order chi connectivity index (χ1) is 42.2. The SMILES string of the molecule is [2H]c1c([2H])c([2H])c2c(c1[2H])Oc1c([2H])c(-c3cccc([Si]4(c5ccccc5)O[Si](c5ccccc5)(c5ccccc5)O[Si](c5ccccc5)(c5ccccc5)O[Si](c5ccccc5)(c5ccccc5)O4)c3)c([2H])c3c1B2c1c([2H])c([2H])c([2H])c([2H])c1O3. The van der Waals surface area contributed by atoms with E-state index in [1.807, 2.05) is 206 Å². The highest BCUT2D eigenvalue weighted by Crippen LogP contribution is 2.39. The Bertz CT molecular complexity index is 4190. The summed E-state index contributed by atoms with van der Waals surface area (Å²) in [4.78, 5) is 0. The van der Waals surface area contributed by atoms with Crippen LogP contribution in [0.1, 0.15) is 13.7 Å². The fourth-order valence-electron chi connectivity index (χ4n) is 10.9. The van der Waals surface area contributed by atoms with E-state index in [1.165, 1.54) is 0 Å². The number of ether oxygens (including phenoxy) is 2. The number of benzene rings is 11. The number of para-hydroxylation sites is 2. The molecule has 11 aromatic carbocycles. The van der Waals surface area contributed by atoms with Gasteiger partial charge in [0.1, 0.15) is 23.0 Å². The molecule has 14 rings (SSSR count). The predicted molar refractivity (Wildman–Crippen MR) is 319 cm³/mol. The van der Waals surface area contributed by atoms with Crippen molar-refractivity contribution in [1.82, 2.24) is 0 Å². The Labute approximate surface area is 467 Å². The van der Waals surface area contributed by atoms with E-state index in [4.69, 9.17) is 34.2 Å². The second-order valence-corrected chi connectivity index (χ2v) is 31.7. The van der Waals surface area contributed by atoms with Gasteiger partial charge >= 0.3 is 34.2 Å². The largest absolute Gasteiger partial charge is 0.458 e. The Hall–Kier alpha value is -8.21. The first-order valence-corrected chi connectivity index (χ1v) is 32.5. The molecule has 0 radical (unpaired) electrons. The molecular weight excluding hydrogens is 1010 g/mol. The zero-order chi connectivity index (χ0) is 60.0. The van der Waals surface area contributed by atoms with E-state index >= 15 is 0 Å². The standard InChI is InChI=1S/C66H49BO6Si4/c1-8-28-52(29-9-1)74(53-30-10-2-11-31-53)70-75(54-32-12-3-13-33-54,55-34-14-4-15-35-55)72-77(58-40-20-7-21-41-58,73-76(71-74,56-36-16-5-17-37-56)57-38-18-6-19-39-57)59-42-26-27-50(47-59)51-48-64-66-65(49-51)69-63-46-25-23-44-61(63)67(66)60-43-22-24-45-62(60)68-64/h1-49H/i22D,23D,24D,25D,43D,44D,45D,46D,48D,49D. The van der Waals surface area contributed by atoms with Crippen LogP contribution in [0.25, 0.3) is 11.1 Å². The molecule has 0 aromatic heterocycles. The molecule has 6 nitrogen and oxygen atoms in total. The molecule has 0 spiro atoms. The number of hydrogen-bond donors (Lipinski definition) is 0. The third-order valence-corrected chi connectivity index (χ3v) is 32.3. The lowest BCUT2D eigenvalue weighted by atomic mass is 9.35. The van der Waals surface area contributed by atoms with Gasteiger partial charge in [-0.25, -0.2) is 0 Å². The summed E-state index contributed by atoms with van der Waals surface area (Å²) in [6.07, 6.45) is 0. The molecule has 1 saturated heterocycles. The third kappa shape index (κ3) is 7.98. The minimum atomic E-state index is -4.64. The number of fused-ring (bicyclic) bond motifs is 4. The van der Waals surface area contributed by atoms with Gasteiger partial charge in [-0.2, -0.15) is 0 Å². The molecule has 11 aromatic rings. The number of rotatable bonds is 9. The average Bonchev–Trinajstić information content (AvgIpc) is 0.731. The Balaban J connectivity index is 1.10. The molecule has 368 valence electrons. The van der Waals surface area contributed by atoms with Gasteiger partial charge in [0.15, 0.2) is 0 Å². The van der Waals surface area contributed by atoms with Gasteiger partial charge in [-0.1, -0.05) is 273 Å². The Morgan fingerprint density at radius 2 is 0.571 bits per heavy atom. The van der Waals surface area contributed by atoms with Crippen LogP contribution in [0.15, 0.2) is 297 Å². The lowest BCUT2D eigenvalue weighted by molar-refractivity contribution is 0.268. The van der Waals surface area contributed by atoms with Crippen molar-refractivity contribution in [2.45, 2.75) is 0 Å². The fourth-order valence-corrected chi connectivity index (χ4v) is 33.5. The Kier molecular flexibility index (Phi) is 9.46. The van der Waals surface area contributed by atoms with Crippen molar-refractivity contribution in [3.8, 4) is 34.1 Å². The molecular formula is C66H49BO6Si4. The third-order valence-electron chi connectivity index (χ3n) is 14.4. The average molecular weight is 1070 g/mol. The van der Waals surface area contributed by atoms with Gasteiger partial charge in [-0.05, 0) is 87.7 Å². The fraction of sp³-hybridized carbons (Fsp3) is 0. The lowest BCUT2D eigenvalue weighted by Crippen LogP contribution is -2.88. The first kappa shape index (κ1) is 37.5. The normalized spacial score (nSPS) is 18.0. The van der Waals surface area contributed by atoms with Gasteiger partial charge in [-0.3, -0.25) is 0 Å². The summed E-state index contributed by atoms with van der Waals surface area (Å²) in [6, 6.07) is 72.1. The molecule has 77 heavy (non-hydrogen) atoms. The second-order valence-electron chi connectivity index (χ2n) is 18.8. The molecule has 0 atom stereocenters. The summed E-state index contributed by atoms with van der Waals surface area (Å²) < 4.78 is 140. The summed E-state index contributed by atoms with van der Waals surface area (Å²) in [6.45, 7) is -1.37. The van der Waals surface area contributed by atoms with E-state index < -0.39 is 89.3 Å². The maximum Gasteiger partial charge on any atom is 0.390 e. The van der Waals surface area contributed by atoms with E-state index in [0.717, 1.165) is 31.1 Å². The maximum atomic E-state index is 10.3. The van der Waals surface area contributed by atoms with E-state index in [2.05, 4.69) is 24.3 Å². The van der Waals surface area contributed by atoms with Crippen LogP contribution in [-0.2, 0) is 16.5 Å². The minimum absolute atomic E-state index is 0.0164. The molecule has 0 N–H and O–H groups in total. The molecule has 0 bridgehead atoms. The van der Waals surface area contributed by atoms with E-state index in [0.29, 0.717) is 15.9 Å². The monoisotopic (exact) mass is 1070 g/mol. The van der Waals surface area contributed by atoms with Gasteiger partial charge < -0.3 is 25.9 Å². The van der Waals surface area contributed by atoms with Crippen molar-refractivity contribution in [3.05, 3.63) is 297 Å². The summed E-state index contributed by atoms with van der Waals surface area (Å²) in [5.41, 5.74) is 0.0804. The van der Waals surface area contributed by atoms with Crippen molar-refractivity contribution in [3.63, 3.8) is 0 Å². The Morgan fingerprint density at radius 1 is 0.286 bits per heavy atom. The number of hydrogen-bond acceptors (Lipinski definition) is 6. The van der Waals surface area contributed by atoms with E-state index in [-0.39, 0.29) is 57.0 Å². The minimum Gasteiger partial charge on any atom is -0.458 e. The molecule has 1 fully saturated rings. The highest BCUT2D eigenvalue weighted by molar-refractivity contribution is 7.16. The van der Waals surface area contributed by atoms with Crippen LogP contribution in [-0.4, -0.2) is 41.0 Å². The topological polar surface area (TPSA) is 55.4 Å². The summed E-state index contributed by atoms with van der Waals surface area (Å²) in [7, 11) is -17.6. The molecule has 0 aliphatic carbocycles. The van der Waals surface area contributed by atoms with Gasteiger partial charge in [0, 0.05) is 5.46 Å². The van der Waals surface area contributed by atoms with Crippen LogP contribution in [0.3, 0.4) is 0 Å². The van der Waals surface area contributed by atoms with Gasteiger partial charge in [0.2, 0.25) is 0 Å². The summed E-state index contributed by atoms with van der Waals surface area (Å²) in [5, 5.41) is 5.90. The van der Waals surface area contributed by atoms with Gasteiger partial charge in [0.05, 0.1) is 13.7 Å². The quantitative estimate of drug-likeness (QED) is 0.140. The highest BCUT2D eigenvalue weighted by Gasteiger charge is 2.68. The highest BCUT2D eigenvalue weighted by atomic mass is 28.5. The first-order valence-electron chi connectivity index (χ1n) is 30.3. The van der Waals surface area contributed by atoms with Crippen LogP contribution in [0.2, 0.25) is 0 Å². The van der Waals surface area contributed by atoms with Crippen LogP contribution >= 0.6 is 0 Å². The molecule has 11 heteroatoms. The van der Waals surface area contributed by atoms with Crippen molar-refractivity contribution in [2.75, 3.05) is 0 Å². The molecule has 0 amide bonds. The predicted octanol–water partition coefficient (Wildman–Crippen LogP) is 7.49. The van der Waals surface area contributed by atoms with E-state index in [9.17, 15) is 5.48 Å². The molecule has 0 unspecified atom stereocenters. The zero-order valence-corrected chi connectivity index (χ0v) is 45.0. The van der Waals surface area contributed by atoms with Crippen LogP contribution in [0.5, 0.6) is 23.0 Å². The van der Waals surface area contributed by atoms with Crippen LogP contribution in [0.4, 0.5) is 0 Å². The van der Waals surface area contributed by atoms with Crippen molar-refractivity contribution >= 4 is 98.8 Å². The van der Waals surface area contributed by atoms with Crippen LogP contribution < -0.4 is 67.4 Å². The van der Waals surface area contributed by atoms with Crippen molar-refractivity contribution in [1.29, 1.82) is 0 Å². The van der Waals surface area contributed by atoms with E-state index in [1.54, 1.807) is 6.07 Å². The maximum absolute atomic E-state index is 10.3. The molecule has 3 aliphatic heterocycles. The molecule has 3 aliphatic rings. The smallest absolute Gasteiger partial charge is 0.390 e. The second kappa shape index (κ2) is 19.4. The van der Waals surface area contributed by atoms with Crippen LogP contribution in [0, 0.1) is 0 Å². The lowest BCUT2D eigenvalue weighted by Gasteiger charge is -2.53. The summed E-state index contributed by atoms with van der Waals surface area (Å²) in [5.74, 6) is -1.06. The van der Waals surface area contributed by atoms with Gasteiger partial charge in [0.25, 0.3) is 6.71 Å². The summed E-state index contributed by atoms with van der Waals surface area (Å²) >= 11 is 0. The van der Waals surface area contributed by atoms with Crippen molar-refractivity contribution < 1.29 is 39.6 Å². The molecule has 0 saturated carbocycles. The van der Waals surface area contributed by atoms with Crippen molar-refractivity contribution in [2.24, 2.45) is 0 Å². The Morgan fingerprint density at radius 3 is 0.896 bits per heavy atom. The zero-order valence-electron chi connectivity index (χ0n) is 51.0. The van der Waals surface area contributed by atoms with Gasteiger partial charge in [-0.15, -0.1) is 0 Å². The molecule has 3 heterocycles.